The molecule has 20 heavy (non-hydrogen) atoms. The Bertz CT molecular complexity index is 487. The van der Waals surface area contributed by atoms with Crippen molar-refractivity contribution in [1.29, 1.82) is 0 Å². The summed E-state index contributed by atoms with van der Waals surface area (Å²) in [6.07, 6.45) is 2.58. The number of hydrogen-bond donors (Lipinski definition) is 2. The SMILES string of the molecule is O=C(CCc1ccccc1F)NCCNC(=O)C1CC1. The molecule has 1 aliphatic rings. The molecule has 1 aromatic rings. The Hall–Kier alpha value is -1.91. The van der Waals surface area contributed by atoms with Crippen molar-refractivity contribution in [2.24, 2.45) is 5.92 Å². The third-order valence-corrected chi connectivity index (χ3v) is 3.27. The van der Waals surface area contributed by atoms with Crippen LogP contribution in [0.25, 0.3) is 0 Å². The van der Waals surface area contributed by atoms with E-state index in [1.165, 1.54) is 6.07 Å². The zero-order chi connectivity index (χ0) is 14.4. The highest BCUT2D eigenvalue weighted by molar-refractivity contribution is 5.81. The molecule has 2 rings (SSSR count). The average molecular weight is 278 g/mol. The lowest BCUT2D eigenvalue weighted by molar-refractivity contribution is -0.123. The minimum absolute atomic E-state index is 0.0746. The van der Waals surface area contributed by atoms with Gasteiger partial charge in [-0.25, -0.2) is 4.39 Å². The number of nitrogens with one attached hydrogen (secondary N) is 2. The number of amides is 2. The predicted octanol–water partition coefficient (Wildman–Crippen LogP) is 1.40. The fourth-order valence-electron chi connectivity index (χ4n) is 1.92. The molecule has 0 saturated heterocycles. The molecule has 108 valence electrons. The summed E-state index contributed by atoms with van der Waals surface area (Å²) in [5.74, 6) is -0.150. The quantitative estimate of drug-likeness (QED) is 0.741. The van der Waals surface area contributed by atoms with Crippen molar-refractivity contribution in [1.82, 2.24) is 10.6 Å². The van der Waals surface area contributed by atoms with Crippen LogP contribution in [0.5, 0.6) is 0 Å². The smallest absolute Gasteiger partial charge is 0.223 e. The standard InChI is InChI=1S/C15H19FN2O2/c16-13-4-2-1-3-11(13)7-8-14(19)17-9-10-18-15(20)12-5-6-12/h1-4,12H,5-10H2,(H,17,19)(H,18,20). The van der Waals surface area contributed by atoms with Crippen molar-refractivity contribution < 1.29 is 14.0 Å². The molecule has 4 nitrogen and oxygen atoms in total. The molecule has 1 aromatic carbocycles. The van der Waals surface area contributed by atoms with Gasteiger partial charge in [0.1, 0.15) is 5.82 Å². The Morgan fingerprint density at radius 1 is 1.15 bits per heavy atom. The highest BCUT2D eigenvalue weighted by atomic mass is 19.1. The van der Waals surface area contributed by atoms with Crippen LogP contribution in [-0.4, -0.2) is 24.9 Å². The van der Waals surface area contributed by atoms with E-state index in [9.17, 15) is 14.0 Å². The molecular weight excluding hydrogens is 259 g/mol. The van der Waals surface area contributed by atoms with E-state index in [2.05, 4.69) is 10.6 Å². The average Bonchev–Trinajstić information content (AvgIpc) is 3.27. The molecule has 1 aliphatic carbocycles. The zero-order valence-corrected chi connectivity index (χ0v) is 11.3. The minimum atomic E-state index is -0.281. The lowest BCUT2D eigenvalue weighted by Crippen LogP contribution is -2.35. The van der Waals surface area contributed by atoms with Gasteiger partial charge in [-0.2, -0.15) is 0 Å². The molecule has 0 heterocycles. The first-order valence-corrected chi connectivity index (χ1v) is 6.94. The topological polar surface area (TPSA) is 58.2 Å². The first kappa shape index (κ1) is 14.5. The van der Waals surface area contributed by atoms with E-state index in [1.54, 1.807) is 18.2 Å². The van der Waals surface area contributed by atoms with Crippen molar-refractivity contribution in [3.05, 3.63) is 35.6 Å². The first-order chi connectivity index (χ1) is 9.66. The lowest BCUT2D eigenvalue weighted by atomic mass is 10.1. The summed E-state index contributed by atoms with van der Waals surface area (Å²) >= 11 is 0. The van der Waals surface area contributed by atoms with Gasteiger partial charge in [0.25, 0.3) is 0 Å². The zero-order valence-electron chi connectivity index (χ0n) is 11.3. The Labute approximate surface area is 117 Å². The summed E-state index contributed by atoms with van der Waals surface area (Å²) in [6, 6.07) is 6.45. The van der Waals surface area contributed by atoms with Crippen LogP contribution in [0.1, 0.15) is 24.8 Å². The number of benzene rings is 1. The molecule has 2 N–H and O–H groups in total. The largest absolute Gasteiger partial charge is 0.354 e. The molecule has 0 atom stereocenters. The Morgan fingerprint density at radius 2 is 1.85 bits per heavy atom. The van der Waals surface area contributed by atoms with E-state index >= 15 is 0 Å². The number of carbonyl (C=O) groups excluding carboxylic acids is 2. The van der Waals surface area contributed by atoms with Crippen molar-refractivity contribution in [3.8, 4) is 0 Å². The van der Waals surface area contributed by atoms with Crippen LogP contribution in [0.2, 0.25) is 0 Å². The molecule has 0 bridgehead atoms. The molecular formula is C15H19FN2O2. The highest BCUT2D eigenvalue weighted by Gasteiger charge is 2.28. The molecule has 0 radical (unpaired) electrons. The van der Waals surface area contributed by atoms with Gasteiger partial charge in [0, 0.05) is 25.4 Å². The van der Waals surface area contributed by atoms with Crippen LogP contribution in [-0.2, 0) is 16.0 Å². The number of hydrogen-bond acceptors (Lipinski definition) is 2. The Kier molecular flexibility index (Phi) is 5.09. The summed E-state index contributed by atoms with van der Waals surface area (Å²) in [7, 11) is 0. The predicted molar refractivity (Wildman–Crippen MR) is 73.5 cm³/mol. The number of carbonyl (C=O) groups is 2. The molecule has 2 amide bonds. The minimum Gasteiger partial charge on any atom is -0.354 e. The maximum Gasteiger partial charge on any atom is 0.223 e. The second-order valence-electron chi connectivity index (χ2n) is 5.01. The number of rotatable bonds is 7. The van der Waals surface area contributed by atoms with E-state index in [0.717, 1.165) is 12.8 Å². The van der Waals surface area contributed by atoms with Gasteiger partial charge in [0.05, 0.1) is 0 Å². The molecule has 1 fully saturated rings. The van der Waals surface area contributed by atoms with Crippen molar-refractivity contribution in [2.45, 2.75) is 25.7 Å². The fourth-order valence-corrected chi connectivity index (χ4v) is 1.92. The molecule has 0 aromatic heterocycles. The van der Waals surface area contributed by atoms with Crippen LogP contribution >= 0.6 is 0 Å². The van der Waals surface area contributed by atoms with Gasteiger partial charge in [-0.1, -0.05) is 18.2 Å². The van der Waals surface area contributed by atoms with Gasteiger partial charge in [0.15, 0.2) is 0 Å². The van der Waals surface area contributed by atoms with Gasteiger partial charge in [-0.15, -0.1) is 0 Å². The van der Waals surface area contributed by atoms with Crippen LogP contribution in [0.4, 0.5) is 4.39 Å². The summed E-state index contributed by atoms with van der Waals surface area (Å²) in [5, 5.41) is 5.48. The van der Waals surface area contributed by atoms with E-state index in [-0.39, 0.29) is 30.0 Å². The summed E-state index contributed by atoms with van der Waals surface area (Å²) in [4.78, 5) is 22.9. The summed E-state index contributed by atoms with van der Waals surface area (Å²) in [6.45, 7) is 0.856. The van der Waals surface area contributed by atoms with Gasteiger partial charge < -0.3 is 10.6 Å². The third-order valence-electron chi connectivity index (χ3n) is 3.27. The molecule has 0 aliphatic heterocycles. The molecule has 1 saturated carbocycles. The van der Waals surface area contributed by atoms with E-state index in [0.29, 0.717) is 25.1 Å². The Morgan fingerprint density at radius 3 is 2.55 bits per heavy atom. The summed E-state index contributed by atoms with van der Waals surface area (Å²) in [5.41, 5.74) is 0.546. The van der Waals surface area contributed by atoms with Gasteiger partial charge >= 0.3 is 0 Å². The van der Waals surface area contributed by atoms with Gasteiger partial charge in [0.2, 0.25) is 11.8 Å². The normalized spacial score (nSPS) is 13.8. The maximum atomic E-state index is 13.3. The van der Waals surface area contributed by atoms with Crippen molar-refractivity contribution in [2.75, 3.05) is 13.1 Å². The van der Waals surface area contributed by atoms with Crippen molar-refractivity contribution in [3.63, 3.8) is 0 Å². The monoisotopic (exact) mass is 278 g/mol. The first-order valence-electron chi connectivity index (χ1n) is 6.94. The van der Waals surface area contributed by atoms with Crippen LogP contribution < -0.4 is 10.6 Å². The molecule has 5 heteroatoms. The van der Waals surface area contributed by atoms with E-state index < -0.39 is 0 Å². The van der Waals surface area contributed by atoms with Crippen LogP contribution in [0.3, 0.4) is 0 Å². The van der Waals surface area contributed by atoms with Crippen molar-refractivity contribution >= 4 is 11.8 Å². The highest BCUT2D eigenvalue weighted by Crippen LogP contribution is 2.28. The van der Waals surface area contributed by atoms with E-state index in [4.69, 9.17) is 0 Å². The summed E-state index contributed by atoms with van der Waals surface area (Å²) < 4.78 is 13.3. The van der Waals surface area contributed by atoms with Crippen LogP contribution in [0.15, 0.2) is 24.3 Å². The fraction of sp³-hybridized carbons (Fsp3) is 0.467. The Balaban J connectivity index is 1.58. The number of halogens is 1. The van der Waals surface area contributed by atoms with Crippen LogP contribution in [0, 0.1) is 11.7 Å². The van der Waals surface area contributed by atoms with Gasteiger partial charge in [-0.05, 0) is 30.9 Å². The number of aryl methyl sites for hydroxylation is 1. The lowest BCUT2D eigenvalue weighted by Gasteiger charge is -2.07. The third kappa shape index (κ3) is 4.64. The second-order valence-corrected chi connectivity index (χ2v) is 5.01. The molecule has 0 spiro atoms. The molecule has 0 unspecified atom stereocenters. The van der Waals surface area contributed by atoms with E-state index in [1.807, 2.05) is 0 Å². The van der Waals surface area contributed by atoms with Gasteiger partial charge in [-0.3, -0.25) is 9.59 Å². The maximum absolute atomic E-state index is 13.3. The second kappa shape index (κ2) is 7.03.